The largest absolute Gasteiger partial charge is 0.497 e. The summed E-state index contributed by atoms with van der Waals surface area (Å²) in [6, 6.07) is 15.6. The third kappa shape index (κ3) is 6.45. The van der Waals surface area contributed by atoms with E-state index in [4.69, 9.17) is 15.2 Å². The van der Waals surface area contributed by atoms with Gasteiger partial charge in [0.15, 0.2) is 5.96 Å². The van der Waals surface area contributed by atoms with Gasteiger partial charge in [-0.15, -0.1) is 24.0 Å². The molecule has 2 aromatic rings. The van der Waals surface area contributed by atoms with Gasteiger partial charge in [0.2, 0.25) is 0 Å². The van der Waals surface area contributed by atoms with Gasteiger partial charge < -0.3 is 20.5 Å². The minimum absolute atomic E-state index is 0. The fourth-order valence-corrected chi connectivity index (χ4v) is 2.02. The maximum Gasteiger partial charge on any atom is 0.193 e. The average molecular weight is 427 g/mol. The Hall–Kier alpha value is -1.80. The van der Waals surface area contributed by atoms with Crippen molar-refractivity contribution < 1.29 is 9.47 Å². The lowest BCUT2D eigenvalue weighted by atomic mass is 10.1. The molecule has 5 nitrogen and oxygen atoms in total. The van der Waals surface area contributed by atoms with Gasteiger partial charge in [0.25, 0.3) is 0 Å². The third-order valence-electron chi connectivity index (χ3n) is 3.10. The fourth-order valence-electron chi connectivity index (χ4n) is 2.02. The summed E-state index contributed by atoms with van der Waals surface area (Å²) in [6.07, 6.45) is 0. The van der Waals surface area contributed by atoms with Crippen molar-refractivity contribution >= 4 is 35.6 Å². The number of rotatable bonds is 6. The van der Waals surface area contributed by atoms with E-state index in [0.717, 1.165) is 22.6 Å². The third-order valence-corrected chi connectivity index (χ3v) is 3.10. The molecule has 0 spiro atoms. The van der Waals surface area contributed by atoms with Crippen molar-refractivity contribution in [3.63, 3.8) is 0 Å². The molecule has 0 radical (unpaired) electrons. The minimum Gasteiger partial charge on any atom is -0.497 e. The van der Waals surface area contributed by atoms with E-state index in [-0.39, 0.29) is 24.0 Å². The van der Waals surface area contributed by atoms with Crippen LogP contribution in [-0.4, -0.2) is 20.2 Å². The van der Waals surface area contributed by atoms with Crippen LogP contribution in [-0.2, 0) is 17.9 Å². The van der Waals surface area contributed by atoms with Crippen molar-refractivity contribution in [3.05, 3.63) is 59.7 Å². The summed E-state index contributed by atoms with van der Waals surface area (Å²) in [5.74, 6) is 1.18. The number of benzene rings is 2. The molecule has 0 aromatic heterocycles. The molecule has 0 atom stereocenters. The normalized spacial score (nSPS) is 10.8. The Morgan fingerprint density at radius 3 is 2.43 bits per heavy atom. The first-order valence-electron chi connectivity index (χ1n) is 6.99. The Balaban J connectivity index is 0.00000264. The number of anilines is 1. The van der Waals surface area contributed by atoms with Gasteiger partial charge in [-0.3, -0.25) is 0 Å². The molecule has 0 aliphatic carbocycles. The topological polar surface area (TPSA) is 68.9 Å². The van der Waals surface area contributed by atoms with Crippen LogP contribution in [0.25, 0.3) is 0 Å². The standard InChI is InChI=1S/C17H21N3O2.HI/c1-21-12-14-5-3-4-13(10-14)11-19-17(18)20-15-6-8-16(22-2)9-7-15;/h3-10H,11-12H2,1-2H3,(H3,18,19,20);1H. The van der Waals surface area contributed by atoms with E-state index in [1.165, 1.54) is 0 Å². The number of nitrogens with zero attached hydrogens (tertiary/aromatic N) is 1. The Kier molecular flexibility index (Phi) is 8.42. The highest BCUT2D eigenvalue weighted by Crippen LogP contribution is 2.14. The summed E-state index contributed by atoms with van der Waals surface area (Å²) in [4.78, 5) is 4.34. The molecule has 0 aliphatic heterocycles. The predicted octanol–water partition coefficient (Wildman–Crippen LogP) is 3.39. The van der Waals surface area contributed by atoms with Crippen molar-refractivity contribution in [2.75, 3.05) is 19.5 Å². The van der Waals surface area contributed by atoms with Crippen molar-refractivity contribution in [3.8, 4) is 5.75 Å². The van der Waals surface area contributed by atoms with Crippen LogP contribution in [0, 0.1) is 0 Å². The summed E-state index contributed by atoms with van der Waals surface area (Å²) in [7, 11) is 3.32. The minimum atomic E-state index is 0. The lowest BCUT2D eigenvalue weighted by Gasteiger charge is -2.07. The van der Waals surface area contributed by atoms with E-state index < -0.39 is 0 Å². The molecular formula is C17H22IN3O2. The van der Waals surface area contributed by atoms with Crippen LogP contribution in [0.4, 0.5) is 5.69 Å². The van der Waals surface area contributed by atoms with Crippen LogP contribution in [0.2, 0.25) is 0 Å². The second-order valence-corrected chi connectivity index (χ2v) is 4.81. The van der Waals surface area contributed by atoms with Crippen LogP contribution < -0.4 is 15.8 Å². The van der Waals surface area contributed by atoms with E-state index >= 15 is 0 Å². The van der Waals surface area contributed by atoms with E-state index in [1.807, 2.05) is 42.5 Å². The van der Waals surface area contributed by atoms with Gasteiger partial charge in [0.1, 0.15) is 5.75 Å². The smallest absolute Gasteiger partial charge is 0.193 e. The van der Waals surface area contributed by atoms with Crippen LogP contribution in [0.5, 0.6) is 5.75 Å². The molecule has 0 aliphatic rings. The molecule has 0 amide bonds. The Morgan fingerprint density at radius 1 is 1.09 bits per heavy atom. The number of hydrogen-bond acceptors (Lipinski definition) is 3. The SMILES string of the molecule is COCc1cccc(CN=C(N)Nc2ccc(OC)cc2)c1.I. The highest BCUT2D eigenvalue weighted by Gasteiger charge is 1.98. The first-order chi connectivity index (χ1) is 10.7. The van der Waals surface area contributed by atoms with Crippen LogP contribution in [0.3, 0.4) is 0 Å². The maximum absolute atomic E-state index is 5.90. The second-order valence-electron chi connectivity index (χ2n) is 4.81. The van der Waals surface area contributed by atoms with E-state index in [9.17, 15) is 0 Å². The van der Waals surface area contributed by atoms with Gasteiger partial charge in [0.05, 0.1) is 20.3 Å². The van der Waals surface area contributed by atoms with Crippen molar-refractivity contribution in [1.29, 1.82) is 0 Å². The number of hydrogen-bond donors (Lipinski definition) is 2. The van der Waals surface area contributed by atoms with E-state index in [1.54, 1.807) is 14.2 Å². The number of methoxy groups -OCH3 is 2. The number of ether oxygens (including phenoxy) is 2. The Morgan fingerprint density at radius 2 is 1.78 bits per heavy atom. The summed E-state index contributed by atoms with van der Waals surface area (Å²) in [5.41, 5.74) is 8.99. The van der Waals surface area contributed by atoms with Gasteiger partial charge in [-0.05, 0) is 35.4 Å². The predicted molar refractivity (Wildman–Crippen MR) is 105 cm³/mol. The lowest BCUT2D eigenvalue weighted by Crippen LogP contribution is -2.22. The fraction of sp³-hybridized carbons (Fsp3) is 0.235. The number of halogens is 1. The number of nitrogens with one attached hydrogen (secondary N) is 1. The van der Waals surface area contributed by atoms with Crippen LogP contribution in [0.1, 0.15) is 11.1 Å². The van der Waals surface area contributed by atoms with E-state index in [2.05, 4.69) is 16.4 Å². The molecule has 0 bridgehead atoms. The zero-order chi connectivity index (χ0) is 15.8. The molecule has 0 saturated heterocycles. The number of nitrogens with two attached hydrogens (primary N) is 1. The van der Waals surface area contributed by atoms with Gasteiger partial charge in [0, 0.05) is 12.8 Å². The highest BCUT2D eigenvalue weighted by atomic mass is 127. The quantitative estimate of drug-likeness (QED) is 0.422. The zero-order valence-corrected chi connectivity index (χ0v) is 15.6. The summed E-state index contributed by atoms with van der Waals surface area (Å²) < 4.78 is 10.2. The molecule has 0 unspecified atom stereocenters. The molecule has 124 valence electrons. The van der Waals surface area contributed by atoms with Crippen molar-refractivity contribution in [1.82, 2.24) is 0 Å². The van der Waals surface area contributed by atoms with Gasteiger partial charge >= 0.3 is 0 Å². The van der Waals surface area contributed by atoms with Gasteiger partial charge in [-0.1, -0.05) is 24.3 Å². The zero-order valence-electron chi connectivity index (χ0n) is 13.3. The molecular weight excluding hydrogens is 405 g/mol. The first-order valence-corrected chi connectivity index (χ1v) is 6.99. The van der Waals surface area contributed by atoms with E-state index in [0.29, 0.717) is 19.1 Å². The molecule has 3 N–H and O–H groups in total. The lowest BCUT2D eigenvalue weighted by molar-refractivity contribution is 0.185. The average Bonchev–Trinajstić information content (AvgIpc) is 2.54. The Bertz CT molecular complexity index is 630. The van der Waals surface area contributed by atoms with Crippen LogP contribution >= 0.6 is 24.0 Å². The molecule has 2 aromatic carbocycles. The number of guanidine groups is 1. The monoisotopic (exact) mass is 427 g/mol. The molecule has 0 saturated carbocycles. The molecule has 23 heavy (non-hydrogen) atoms. The van der Waals surface area contributed by atoms with Gasteiger partial charge in [-0.2, -0.15) is 0 Å². The Labute approximate surface area is 153 Å². The van der Waals surface area contributed by atoms with Crippen molar-refractivity contribution in [2.45, 2.75) is 13.2 Å². The van der Waals surface area contributed by atoms with Gasteiger partial charge in [-0.25, -0.2) is 4.99 Å². The molecule has 6 heteroatoms. The summed E-state index contributed by atoms with van der Waals surface area (Å²) in [6.45, 7) is 1.11. The second kappa shape index (κ2) is 10.1. The maximum atomic E-state index is 5.90. The molecule has 2 rings (SSSR count). The van der Waals surface area contributed by atoms with Crippen molar-refractivity contribution in [2.24, 2.45) is 10.7 Å². The summed E-state index contributed by atoms with van der Waals surface area (Å²) in [5, 5.41) is 3.05. The molecule has 0 fully saturated rings. The summed E-state index contributed by atoms with van der Waals surface area (Å²) >= 11 is 0. The highest BCUT2D eigenvalue weighted by molar-refractivity contribution is 14.0. The van der Waals surface area contributed by atoms with Crippen LogP contribution in [0.15, 0.2) is 53.5 Å². The first kappa shape index (κ1) is 19.2. The number of aliphatic imine (C=N–C) groups is 1. The molecule has 0 heterocycles.